The second-order valence-corrected chi connectivity index (χ2v) is 7.76. The van der Waals surface area contributed by atoms with Gasteiger partial charge >= 0.3 is 12.1 Å². The van der Waals surface area contributed by atoms with Gasteiger partial charge in [0.15, 0.2) is 23.3 Å². The first kappa shape index (κ1) is 25.0. The molecule has 1 aliphatic rings. The van der Waals surface area contributed by atoms with Gasteiger partial charge in [0.2, 0.25) is 0 Å². The molecule has 11 heteroatoms. The number of rotatable bonds is 7. The fourth-order valence-electron chi connectivity index (χ4n) is 3.11. The highest BCUT2D eigenvalue weighted by atomic mass is 35.5. The number of esters is 1. The Morgan fingerprint density at radius 3 is 2.03 bits per heavy atom. The molecule has 170 valence electrons. The van der Waals surface area contributed by atoms with Gasteiger partial charge in [0.05, 0.1) is 23.7 Å². The summed E-state index contributed by atoms with van der Waals surface area (Å²) in [5.74, 6) is -8.21. The van der Waals surface area contributed by atoms with Crippen molar-refractivity contribution in [3.05, 3.63) is 45.5 Å². The molecule has 2 rings (SSSR count). The molecule has 1 aliphatic carbocycles. The Bertz CT molecular complexity index is 919. The lowest BCUT2D eigenvalue weighted by Crippen LogP contribution is -2.15. The van der Waals surface area contributed by atoms with Crippen molar-refractivity contribution in [1.29, 1.82) is 0 Å². The Morgan fingerprint density at radius 2 is 1.58 bits per heavy atom. The monoisotopic (exact) mass is 472 g/mol. The average molecular weight is 473 g/mol. The summed E-state index contributed by atoms with van der Waals surface area (Å²) in [7, 11) is 0. The molecule has 0 unspecified atom stereocenters. The van der Waals surface area contributed by atoms with Crippen molar-refractivity contribution in [1.82, 2.24) is 0 Å². The van der Waals surface area contributed by atoms with Gasteiger partial charge in [-0.15, -0.1) is 6.42 Å². The van der Waals surface area contributed by atoms with E-state index < -0.39 is 82.0 Å². The number of alkyl halides is 3. The van der Waals surface area contributed by atoms with Crippen LogP contribution < -0.4 is 0 Å². The van der Waals surface area contributed by atoms with Crippen molar-refractivity contribution in [2.24, 2.45) is 17.3 Å². The zero-order valence-electron chi connectivity index (χ0n) is 16.2. The number of allylic oxidation sites excluding steroid dienone is 2. The highest BCUT2D eigenvalue weighted by Gasteiger charge is 2.62. The molecule has 0 aromatic heterocycles. The second kappa shape index (κ2) is 9.09. The summed E-state index contributed by atoms with van der Waals surface area (Å²) in [6.45, 7) is 0.566. The molecule has 0 saturated heterocycles. The van der Waals surface area contributed by atoms with Gasteiger partial charge in [0.25, 0.3) is 0 Å². The van der Waals surface area contributed by atoms with Crippen molar-refractivity contribution >= 4 is 17.6 Å². The Labute approximate surface area is 178 Å². The van der Waals surface area contributed by atoms with Crippen molar-refractivity contribution in [2.75, 3.05) is 6.61 Å². The number of ether oxygens (including phenoxy) is 2. The van der Waals surface area contributed by atoms with E-state index in [0.717, 1.165) is 0 Å². The number of hydrogen-bond acceptors (Lipinski definition) is 3. The van der Waals surface area contributed by atoms with E-state index in [-0.39, 0.29) is 6.61 Å². The molecular formula is C20H16ClF7O3. The maximum Gasteiger partial charge on any atom is 0.426 e. The zero-order valence-corrected chi connectivity index (χ0v) is 16.9. The second-order valence-electron chi connectivity index (χ2n) is 7.35. The van der Waals surface area contributed by atoms with Crippen molar-refractivity contribution in [3.8, 4) is 12.3 Å². The standard InChI is InChI=1S/C20H16ClF7O3/c1-4-5-30-7-9-14(22)16(24)10(17(25)15(9)23)8-31-18(29)13-11(19(13,2)3)6-12(21)20(26,27)28/h1,6,11,13H,5,7-8H2,2-3H3/b12-6-/t11-,13-/m1/s1. The summed E-state index contributed by atoms with van der Waals surface area (Å²) in [5, 5.41) is -1.43. The molecule has 0 radical (unpaired) electrons. The van der Waals surface area contributed by atoms with E-state index in [0.29, 0.717) is 6.08 Å². The summed E-state index contributed by atoms with van der Waals surface area (Å²) in [6, 6.07) is 0. The van der Waals surface area contributed by atoms with Gasteiger partial charge in [0.1, 0.15) is 18.2 Å². The highest BCUT2D eigenvalue weighted by molar-refractivity contribution is 6.30. The largest absolute Gasteiger partial charge is 0.460 e. The molecule has 1 fully saturated rings. The van der Waals surface area contributed by atoms with E-state index in [1.165, 1.54) is 13.8 Å². The third-order valence-corrected chi connectivity index (χ3v) is 5.34. The van der Waals surface area contributed by atoms with Crippen molar-refractivity contribution < 1.29 is 45.0 Å². The van der Waals surface area contributed by atoms with E-state index in [9.17, 15) is 35.5 Å². The molecule has 1 aromatic carbocycles. The van der Waals surface area contributed by atoms with Crippen LogP contribution in [-0.2, 0) is 27.5 Å². The van der Waals surface area contributed by atoms with Gasteiger partial charge in [-0.05, 0) is 11.3 Å². The summed E-state index contributed by atoms with van der Waals surface area (Å²) < 4.78 is 104. The lowest BCUT2D eigenvalue weighted by molar-refractivity contribution is -0.147. The van der Waals surface area contributed by atoms with Crippen LogP contribution in [-0.4, -0.2) is 18.8 Å². The molecular weight excluding hydrogens is 457 g/mol. The summed E-state index contributed by atoms with van der Waals surface area (Å²) in [5.41, 5.74) is -3.20. The number of hydrogen-bond donors (Lipinski definition) is 0. The van der Waals surface area contributed by atoms with E-state index in [2.05, 4.69) is 4.74 Å². The van der Waals surface area contributed by atoms with Gasteiger partial charge < -0.3 is 9.47 Å². The molecule has 2 atom stereocenters. The number of halogens is 8. The first-order valence-corrected chi connectivity index (χ1v) is 9.08. The Hall–Kier alpha value is -2.25. The summed E-state index contributed by atoms with van der Waals surface area (Å²) in [4.78, 5) is 12.2. The number of carbonyl (C=O) groups is 1. The first-order valence-electron chi connectivity index (χ1n) is 8.71. The van der Waals surface area contributed by atoms with E-state index >= 15 is 0 Å². The van der Waals surface area contributed by atoms with Crippen LogP contribution in [0.25, 0.3) is 0 Å². The lowest BCUT2D eigenvalue weighted by atomic mass is 10.1. The van der Waals surface area contributed by atoms with Gasteiger partial charge in [-0.25, -0.2) is 17.6 Å². The Balaban J connectivity index is 2.16. The molecule has 1 aromatic rings. The van der Waals surface area contributed by atoms with Crippen LogP contribution in [0.5, 0.6) is 0 Å². The van der Waals surface area contributed by atoms with Crippen LogP contribution in [0.3, 0.4) is 0 Å². The molecule has 0 spiro atoms. The molecule has 0 amide bonds. The minimum absolute atomic E-state index is 0.355. The minimum Gasteiger partial charge on any atom is -0.460 e. The normalized spacial score (nSPS) is 20.4. The number of terminal acetylenes is 1. The fraction of sp³-hybridized carbons (Fsp3) is 0.450. The smallest absolute Gasteiger partial charge is 0.426 e. The van der Waals surface area contributed by atoms with Crippen LogP contribution in [0.2, 0.25) is 0 Å². The van der Waals surface area contributed by atoms with Gasteiger partial charge in [-0.3, -0.25) is 4.79 Å². The van der Waals surface area contributed by atoms with Crippen LogP contribution >= 0.6 is 11.6 Å². The molecule has 0 bridgehead atoms. The molecule has 0 N–H and O–H groups in total. The van der Waals surface area contributed by atoms with Crippen LogP contribution in [0, 0.1) is 52.9 Å². The number of benzene rings is 1. The molecule has 1 saturated carbocycles. The average Bonchev–Trinajstić information content (AvgIpc) is 3.22. The topological polar surface area (TPSA) is 35.5 Å². The lowest BCUT2D eigenvalue weighted by Gasteiger charge is -2.12. The van der Waals surface area contributed by atoms with Crippen molar-refractivity contribution in [2.45, 2.75) is 33.2 Å². The van der Waals surface area contributed by atoms with Gasteiger partial charge in [-0.1, -0.05) is 37.4 Å². The Morgan fingerprint density at radius 1 is 1.10 bits per heavy atom. The number of carbonyl (C=O) groups excluding carboxylic acids is 1. The van der Waals surface area contributed by atoms with Crippen molar-refractivity contribution in [3.63, 3.8) is 0 Å². The maximum atomic E-state index is 14.2. The quantitative estimate of drug-likeness (QED) is 0.175. The van der Waals surface area contributed by atoms with E-state index in [1.54, 1.807) is 0 Å². The third kappa shape index (κ3) is 5.15. The molecule has 31 heavy (non-hydrogen) atoms. The zero-order chi connectivity index (χ0) is 23.7. The third-order valence-electron chi connectivity index (χ3n) is 5.00. The van der Waals surface area contributed by atoms with E-state index in [4.69, 9.17) is 22.8 Å². The van der Waals surface area contributed by atoms with E-state index in [1.807, 2.05) is 5.92 Å². The molecule has 3 nitrogen and oxygen atoms in total. The van der Waals surface area contributed by atoms with Crippen LogP contribution in [0.4, 0.5) is 30.7 Å². The highest BCUT2D eigenvalue weighted by Crippen LogP contribution is 2.60. The predicted octanol–water partition coefficient (Wildman–Crippen LogP) is 5.39. The minimum atomic E-state index is -4.80. The predicted molar refractivity (Wildman–Crippen MR) is 95.3 cm³/mol. The van der Waals surface area contributed by atoms with Crippen LogP contribution in [0.15, 0.2) is 11.1 Å². The van der Waals surface area contributed by atoms with Gasteiger partial charge in [-0.2, -0.15) is 13.2 Å². The summed E-state index contributed by atoms with van der Waals surface area (Å²) in [6.07, 6.45) is 0.749. The maximum absolute atomic E-state index is 14.2. The Kier molecular flexibility index (Phi) is 7.33. The van der Waals surface area contributed by atoms with Gasteiger partial charge in [0, 0.05) is 0 Å². The first-order chi connectivity index (χ1) is 14.2. The fourth-order valence-corrected chi connectivity index (χ4v) is 3.25. The van der Waals surface area contributed by atoms with Crippen LogP contribution in [0.1, 0.15) is 25.0 Å². The summed E-state index contributed by atoms with van der Waals surface area (Å²) >= 11 is 5.18. The molecule has 0 heterocycles. The SMILES string of the molecule is C#CCOCc1c(F)c(F)c(COC(=O)[C@H]2[C@@H](/C=C(\Cl)C(F)(F)F)C2(C)C)c(F)c1F. The molecule has 0 aliphatic heterocycles.